The highest BCUT2D eigenvalue weighted by molar-refractivity contribution is 6.30. The maximum absolute atomic E-state index is 11.8. The third kappa shape index (κ3) is 3.72. The number of benzene rings is 1. The summed E-state index contributed by atoms with van der Waals surface area (Å²) >= 11 is 5.79. The number of aliphatic hydroxyl groups is 1. The van der Waals surface area contributed by atoms with E-state index in [1.807, 2.05) is 0 Å². The normalized spacial score (nSPS) is 18.1. The average Bonchev–Trinajstić information content (AvgIpc) is 2.38. The van der Waals surface area contributed by atoms with Gasteiger partial charge in [-0.05, 0) is 37.0 Å². The van der Waals surface area contributed by atoms with Crippen LogP contribution in [0.5, 0.6) is 0 Å². The van der Waals surface area contributed by atoms with Crippen LogP contribution in [0.15, 0.2) is 24.3 Å². The van der Waals surface area contributed by atoms with Crippen LogP contribution in [0.1, 0.15) is 37.4 Å². The third-order valence-electron chi connectivity index (χ3n) is 3.94. The van der Waals surface area contributed by atoms with Crippen molar-refractivity contribution in [2.24, 2.45) is 0 Å². The molecular formula is C15H20ClNO3. The molecule has 20 heavy (non-hydrogen) atoms. The average molecular weight is 298 g/mol. The van der Waals surface area contributed by atoms with E-state index in [9.17, 15) is 9.90 Å². The Morgan fingerprint density at radius 2 is 2.10 bits per heavy atom. The SMILES string of the molecule is COC1(CNC(=O)C[C@@H](O)c2ccc(Cl)cc2)CCC1. The number of amides is 1. The van der Waals surface area contributed by atoms with Gasteiger partial charge >= 0.3 is 0 Å². The van der Waals surface area contributed by atoms with Gasteiger partial charge in [0.2, 0.25) is 5.91 Å². The lowest BCUT2D eigenvalue weighted by Gasteiger charge is -2.40. The summed E-state index contributed by atoms with van der Waals surface area (Å²) in [6.45, 7) is 0.510. The van der Waals surface area contributed by atoms with Gasteiger partial charge < -0.3 is 15.2 Å². The van der Waals surface area contributed by atoms with Crippen LogP contribution in [0.3, 0.4) is 0 Å². The number of halogens is 1. The van der Waals surface area contributed by atoms with Gasteiger partial charge in [-0.3, -0.25) is 4.79 Å². The first kappa shape index (κ1) is 15.3. The van der Waals surface area contributed by atoms with Crippen LogP contribution >= 0.6 is 11.6 Å². The Hall–Kier alpha value is -1.10. The standard InChI is InChI=1S/C15H20ClNO3/c1-20-15(7-2-8-15)10-17-14(19)9-13(18)11-3-5-12(16)6-4-11/h3-6,13,18H,2,7-10H2,1H3,(H,17,19)/t13-/m1/s1. The summed E-state index contributed by atoms with van der Waals surface area (Å²) in [5.74, 6) is -0.171. The Morgan fingerprint density at radius 3 is 2.60 bits per heavy atom. The van der Waals surface area contributed by atoms with Crippen LogP contribution in [-0.4, -0.2) is 30.3 Å². The third-order valence-corrected chi connectivity index (χ3v) is 4.19. The number of nitrogens with one attached hydrogen (secondary N) is 1. The summed E-state index contributed by atoms with van der Waals surface area (Å²) in [5.41, 5.74) is 0.496. The van der Waals surface area contributed by atoms with Crippen LogP contribution < -0.4 is 5.32 Å². The van der Waals surface area contributed by atoms with Crippen LogP contribution in [-0.2, 0) is 9.53 Å². The summed E-state index contributed by atoms with van der Waals surface area (Å²) in [5, 5.41) is 13.5. The zero-order valence-electron chi connectivity index (χ0n) is 11.6. The van der Waals surface area contributed by atoms with Gasteiger partial charge in [-0.15, -0.1) is 0 Å². The molecule has 1 aliphatic carbocycles. The lowest BCUT2D eigenvalue weighted by Crippen LogP contribution is -2.49. The lowest BCUT2D eigenvalue weighted by atomic mass is 9.80. The quantitative estimate of drug-likeness (QED) is 0.848. The minimum atomic E-state index is -0.813. The number of rotatable bonds is 6. The Balaban J connectivity index is 1.80. The predicted octanol–water partition coefficient (Wildman–Crippen LogP) is 2.45. The number of hydrogen-bond acceptors (Lipinski definition) is 3. The molecule has 0 bridgehead atoms. The number of methoxy groups -OCH3 is 1. The molecule has 1 aromatic carbocycles. The number of ether oxygens (including phenoxy) is 1. The van der Waals surface area contributed by atoms with Gasteiger partial charge in [-0.2, -0.15) is 0 Å². The van der Waals surface area contributed by atoms with Gasteiger partial charge in [0.1, 0.15) is 0 Å². The van der Waals surface area contributed by atoms with E-state index in [4.69, 9.17) is 16.3 Å². The van der Waals surface area contributed by atoms with Gasteiger partial charge in [0, 0.05) is 18.7 Å². The van der Waals surface area contributed by atoms with Crippen molar-refractivity contribution in [3.05, 3.63) is 34.9 Å². The van der Waals surface area contributed by atoms with Crippen molar-refractivity contribution in [2.75, 3.05) is 13.7 Å². The molecule has 110 valence electrons. The zero-order chi connectivity index (χ0) is 14.6. The Morgan fingerprint density at radius 1 is 1.45 bits per heavy atom. The number of carbonyl (C=O) groups is 1. The van der Waals surface area contributed by atoms with E-state index >= 15 is 0 Å². The van der Waals surface area contributed by atoms with Crippen molar-refractivity contribution in [1.29, 1.82) is 0 Å². The largest absolute Gasteiger partial charge is 0.388 e. The van der Waals surface area contributed by atoms with Crippen molar-refractivity contribution in [2.45, 2.75) is 37.4 Å². The first-order valence-corrected chi connectivity index (χ1v) is 7.18. The van der Waals surface area contributed by atoms with Crippen molar-refractivity contribution in [1.82, 2.24) is 5.32 Å². The Kier molecular flexibility index (Phi) is 5.02. The molecular weight excluding hydrogens is 278 g/mol. The molecule has 1 aliphatic rings. The molecule has 4 nitrogen and oxygen atoms in total. The van der Waals surface area contributed by atoms with Gasteiger partial charge in [0.15, 0.2) is 0 Å². The van der Waals surface area contributed by atoms with Crippen molar-refractivity contribution in [3.63, 3.8) is 0 Å². The summed E-state index contributed by atoms with van der Waals surface area (Å²) in [4.78, 5) is 11.8. The van der Waals surface area contributed by atoms with Gasteiger partial charge in [0.25, 0.3) is 0 Å². The molecule has 0 heterocycles. The molecule has 0 aromatic heterocycles. The van der Waals surface area contributed by atoms with Crippen LogP contribution in [0, 0.1) is 0 Å². The predicted molar refractivity (Wildman–Crippen MR) is 77.6 cm³/mol. The van der Waals surface area contributed by atoms with Crippen molar-refractivity contribution in [3.8, 4) is 0 Å². The lowest BCUT2D eigenvalue weighted by molar-refractivity contribution is -0.126. The first-order chi connectivity index (χ1) is 9.54. The summed E-state index contributed by atoms with van der Waals surface area (Å²) in [6.07, 6.45) is 2.32. The summed E-state index contributed by atoms with van der Waals surface area (Å²) in [7, 11) is 1.67. The molecule has 1 saturated carbocycles. The van der Waals surface area contributed by atoms with Crippen LogP contribution in [0.25, 0.3) is 0 Å². The van der Waals surface area contributed by atoms with Crippen molar-refractivity contribution < 1.29 is 14.6 Å². The fraction of sp³-hybridized carbons (Fsp3) is 0.533. The van der Waals surface area contributed by atoms with E-state index in [-0.39, 0.29) is 17.9 Å². The topological polar surface area (TPSA) is 58.6 Å². The van der Waals surface area contributed by atoms with Crippen LogP contribution in [0.4, 0.5) is 0 Å². The molecule has 1 aromatic rings. The minimum Gasteiger partial charge on any atom is -0.388 e. The number of hydrogen-bond donors (Lipinski definition) is 2. The van der Waals surface area contributed by atoms with E-state index < -0.39 is 6.10 Å². The molecule has 1 atom stereocenters. The molecule has 1 fully saturated rings. The highest BCUT2D eigenvalue weighted by atomic mass is 35.5. The smallest absolute Gasteiger partial charge is 0.223 e. The van der Waals surface area contributed by atoms with Gasteiger partial charge in [-0.1, -0.05) is 23.7 Å². The molecule has 0 unspecified atom stereocenters. The van der Waals surface area contributed by atoms with Gasteiger partial charge in [-0.25, -0.2) is 0 Å². The maximum atomic E-state index is 11.8. The van der Waals surface area contributed by atoms with E-state index in [0.717, 1.165) is 19.3 Å². The second kappa shape index (κ2) is 6.57. The van der Waals surface area contributed by atoms with E-state index in [1.54, 1.807) is 31.4 Å². The Bertz CT molecular complexity index is 451. The Labute approximate surface area is 124 Å². The maximum Gasteiger partial charge on any atom is 0.223 e. The monoisotopic (exact) mass is 297 g/mol. The molecule has 2 rings (SSSR count). The fourth-order valence-electron chi connectivity index (χ4n) is 2.33. The highest BCUT2D eigenvalue weighted by Gasteiger charge is 2.37. The zero-order valence-corrected chi connectivity index (χ0v) is 12.3. The number of carbonyl (C=O) groups excluding carboxylic acids is 1. The molecule has 0 aliphatic heterocycles. The first-order valence-electron chi connectivity index (χ1n) is 6.80. The second-order valence-electron chi connectivity index (χ2n) is 5.29. The molecule has 0 radical (unpaired) electrons. The minimum absolute atomic E-state index is 0.0431. The molecule has 5 heteroatoms. The number of aliphatic hydroxyl groups excluding tert-OH is 1. The fourth-order valence-corrected chi connectivity index (χ4v) is 2.46. The second-order valence-corrected chi connectivity index (χ2v) is 5.73. The molecule has 0 saturated heterocycles. The molecule has 2 N–H and O–H groups in total. The van der Waals surface area contributed by atoms with Crippen LogP contribution in [0.2, 0.25) is 5.02 Å². The van der Waals surface area contributed by atoms with E-state index in [2.05, 4.69) is 5.32 Å². The highest BCUT2D eigenvalue weighted by Crippen LogP contribution is 2.34. The summed E-state index contributed by atoms with van der Waals surface area (Å²) < 4.78 is 5.44. The molecule has 1 amide bonds. The van der Waals surface area contributed by atoms with Gasteiger partial charge in [0.05, 0.1) is 18.1 Å². The van der Waals surface area contributed by atoms with Crippen molar-refractivity contribution >= 4 is 17.5 Å². The summed E-state index contributed by atoms with van der Waals surface area (Å²) in [6, 6.07) is 6.85. The van der Waals surface area contributed by atoms with E-state index in [0.29, 0.717) is 17.1 Å². The van der Waals surface area contributed by atoms with E-state index in [1.165, 1.54) is 0 Å². The molecule has 0 spiro atoms.